The number of rotatable bonds is 5. The van der Waals surface area contributed by atoms with E-state index in [2.05, 4.69) is 15.3 Å². The molecule has 0 aliphatic carbocycles. The van der Waals surface area contributed by atoms with Gasteiger partial charge >= 0.3 is 0 Å². The van der Waals surface area contributed by atoms with E-state index in [0.717, 1.165) is 22.5 Å². The van der Waals surface area contributed by atoms with Crippen LogP contribution in [0.4, 0.5) is 0 Å². The third-order valence-electron chi connectivity index (χ3n) is 5.55. The van der Waals surface area contributed by atoms with Crippen LogP contribution in [-0.4, -0.2) is 44.2 Å². The summed E-state index contributed by atoms with van der Waals surface area (Å²) >= 11 is 1.51. The van der Waals surface area contributed by atoms with E-state index in [0.29, 0.717) is 30.1 Å². The third-order valence-corrected chi connectivity index (χ3v) is 6.80. The lowest BCUT2D eigenvalue weighted by Crippen LogP contribution is -2.28. The molecule has 0 radical (unpaired) electrons. The predicted octanol–water partition coefficient (Wildman–Crippen LogP) is 3.35. The lowest BCUT2D eigenvalue weighted by atomic mass is 10.1. The van der Waals surface area contributed by atoms with Gasteiger partial charge in [-0.15, -0.1) is 11.3 Å². The van der Waals surface area contributed by atoms with Gasteiger partial charge in [-0.2, -0.15) is 0 Å². The molecule has 0 saturated carbocycles. The molecule has 4 aromatic rings. The van der Waals surface area contributed by atoms with Crippen molar-refractivity contribution in [2.24, 2.45) is 0 Å². The average molecular weight is 432 g/mol. The maximum Gasteiger partial charge on any atom is 0.261 e. The number of aromatic nitrogens is 3. The summed E-state index contributed by atoms with van der Waals surface area (Å²) < 4.78 is 1.93. The molecule has 1 N–H and O–H groups in total. The molecule has 4 aromatic heterocycles. The Balaban J connectivity index is 1.19. The van der Waals surface area contributed by atoms with E-state index < -0.39 is 0 Å². The van der Waals surface area contributed by atoms with Crippen LogP contribution >= 0.6 is 11.3 Å². The predicted molar refractivity (Wildman–Crippen MR) is 118 cm³/mol. The number of hydrogen-bond acceptors (Lipinski definition) is 5. The van der Waals surface area contributed by atoms with Crippen LogP contribution in [0.1, 0.15) is 42.8 Å². The first-order chi connectivity index (χ1) is 15.2. The fourth-order valence-corrected chi connectivity index (χ4v) is 4.92. The molecular weight excluding hydrogens is 410 g/mol. The number of amides is 2. The van der Waals surface area contributed by atoms with Gasteiger partial charge in [0.15, 0.2) is 0 Å². The van der Waals surface area contributed by atoms with Crippen molar-refractivity contribution in [3.05, 3.63) is 88.3 Å². The molecule has 1 atom stereocenters. The number of pyridine rings is 2. The smallest absolute Gasteiger partial charge is 0.261 e. The molecule has 156 valence electrons. The zero-order valence-electron chi connectivity index (χ0n) is 16.8. The first kappa shape index (κ1) is 19.4. The van der Waals surface area contributed by atoms with E-state index >= 15 is 0 Å². The quantitative estimate of drug-likeness (QED) is 0.526. The Labute approximate surface area is 183 Å². The van der Waals surface area contributed by atoms with Gasteiger partial charge in [0, 0.05) is 61.4 Å². The van der Waals surface area contributed by atoms with Crippen LogP contribution in [0.2, 0.25) is 0 Å². The number of fused-ring (bicyclic) bond motifs is 1. The average Bonchev–Trinajstić information content (AvgIpc) is 3.57. The standard InChI is InChI=1S/C23H21N5O2S/c29-22(26-13-16-5-9-27-11-8-25-21(27)12-16)20-4-3-19(31-20)18-6-10-28(15-18)23(30)17-2-1-7-24-14-17/h1-5,7-9,11-12,14,18H,6,10,13,15H2,(H,26,29). The van der Waals surface area contributed by atoms with E-state index in [-0.39, 0.29) is 17.7 Å². The van der Waals surface area contributed by atoms with Crippen molar-refractivity contribution in [3.8, 4) is 0 Å². The molecule has 1 saturated heterocycles. The van der Waals surface area contributed by atoms with Crippen molar-refractivity contribution in [1.29, 1.82) is 0 Å². The van der Waals surface area contributed by atoms with Crippen LogP contribution in [0.15, 0.2) is 67.4 Å². The van der Waals surface area contributed by atoms with Gasteiger partial charge < -0.3 is 14.6 Å². The second-order valence-corrected chi connectivity index (χ2v) is 8.71. The molecule has 8 heteroatoms. The first-order valence-corrected chi connectivity index (χ1v) is 11.0. The van der Waals surface area contributed by atoms with Crippen molar-refractivity contribution in [2.75, 3.05) is 13.1 Å². The topological polar surface area (TPSA) is 79.6 Å². The molecule has 1 aliphatic heterocycles. The molecular formula is C23H21N5O2S. The Hall–Kier alpha value is -3.52. The van der Waals surface area contributed by atoms with Crippen LogP contribution in [0.25, 0.3) is 5.65 Å². The summed E-state index contributed by atoms with van der Waals surface area (Å²) in [5, 5.41) is 2.99. The molecule has 31 heavy (non-hydrogen) atoms. The molecule has 1 unspecified atom stereocenters. The van der Waals surface area contributed by atoms with Gasteiger partial charge in [-0.3, -0.25) is 14.6 Å². The fourth-order valence-electron chi connectivity index (χ4n) is 3.87. The Morgan fingerprint density at radius 3 is 2.97 bits per heavy atom. The van der Waals surface area contributed by atoms with E-state index in [1.165, 1.54) is 11.3 Å². The molecule has 1 fully saturated rings. The third kappa shape index (κ3) is 4.06. The number of likely N-dealkylation sites (tertiary alicyclic amines) is 1. The number of carbonyl (C=O) groups is 2. The minimum Gasteiger partial charge on any atom is -0.347 e. The van der Waals surface area contributed by atoms with Crippen molar-refractivity contribution in [2.45, 2.75) is 18.9 Å². The van der Waals surface area contributed by atoms with Crippen LogP contribution in [-0.2, 0) is 6.54 Å². The molecule has 5 heterocycles. The number of hydrogen-bond donors (Lipinski definition) is 1. The Morgan fingerprint density at radius 2 is 2.10 bits per heavy atom. The molecule has 7 nitrogen and oxygen atoms in total. The van der Waals surface area contributed by atoms with E-state index in [1.807, 2.05) is 46.0 Å². The van der Waals surface area contributed by atoms with E-state index in [1.54, 1.807) is 30.7 Å². The van der Waals surface area contributed by atoms with Crippen LogP contribution < -0.4 is 5.32 Å². The van der Waals surface area contributed by atoms with Gasteiger partial charge in [0.05, 0.1) is 10.4 Å². The molecule has 0 bridgehead atoms. The van der Waals surface area contributed by atoms with Gasteiger partial charge in [-0.25, -0.2) is 4.98 Å². The van der Waals surface area contributed by atoms with Crippen molar-refractivity contribution in [1.82, 2.24) is 24.6 Å². The summed E-state index contributed by atoms with van der Waals surface area (Å²) in [5.41, 5.74) is 2.48. The van der Waals surface area contributed by atoms with E-state index in [9.17, 15) is 9.59 Å². The second-order valence-electron chi connectivity index (χ2n) is 7.59. The van der Waals surface area contributed by atoms with Crippen molar-refractivity contribution >= 4 is 28.8 Å². The zero-order chi connectivity index (χ0) is 21.2. The van der Waals surface area contributed by atoms with Gasteiger partial charge in [0.2, 0.25) is 0 Å². The lowest BCUT2D eigenvalue weighted by Gasteiger charge is -2.16. The lowest BCUT2D eigenvalue weighted by molar-refractivity contribution is 0.0790. The Morgan fingerprint density at radius 1 is 1.16 bits per heavy atom. The molecule has 5 rings (SSSR count). The molecule has 0 aromatic carbocycles. The maximum atomic E-state index is 12.6. The number of thiophene rings is 1. The minimum atomic E-state index is -0.0826. The summed E-state index contributed by atoms with van der Waals surface area (Å²) in [6.45, 7) is 1.83. The van der Waals surface area contributed by atoms with Crippen LogP contribution in [0.5, 0.6) is 0 Å². The number of nitrogens with one attached hydrogen (secondary N) is 1. The van der Waals surface area contributed by atoms with Crippen LogP contribution in [0.3, 0.4) is 0 Å². The number of nitrogens with zero attached hydrogens (tertiary/aromatic N) is 4. The van der Waals surface area contributed by atoms with Gasteiger partial charge in [0.1, 0.15) is 5.65 Å². The summed E-state index contributed by atoms with van der Waals surface area (Å²) in [6, 6.07) is 11.4. The SMILES string of the molecule is O=C(NCc1ccn2ccnc2c1)c1ccc(C2CCN(C(=O)c3cccnc3)C2)s1. The Kier molecular flexibility index (Phi) is 5.21. The highest BCUT2D eigenvalue weighted by Crippen LogP contribution is 2.33. The van der Waals surface area contributed by atoms with Gasteiger partial charge in [-0.05, 0) is 48.4 Å². The second kappa shape index (κ2) is 8.31. The molecule has 2 amide bonds. The normalized spacial score (nSPS) is 16.0. The number of imidazole rings is 1. The van der Waals surface area contributed by atoms with Gasteiger partial charge in [-0.1, -0.05) is 0 Å². The highest BCUT2D eigenvalue weighted by atomic mass is 32.1. The monoisotopic (exact) mass is 431 g/mol. The summed E-state index contributed by atoms with van der Waals surface area (Å²) in [7, 11) is 0. The number of carbonyl (C=O) groups excluding carboxylic acids is 2. The largest absolute Gasteiger partial charge is 0.347 e. The molecule has 0 spiro atoms. The van der Waals surface area contributed by atoms with Crippen molar-refractivity contribution in [3.63, 3.8) is 0 Å². The highest BCUT2D eigenvalue weighted by molar-refractivity contribution is 7.14. The first-order valence-electron chi connectivity index (χ1n) is 10.2. The minimum absolute atomic E-state index is 0.0135. The fraction of sp³-hybridized carbons (Fsp3) is 0.217. The van der Waals surface area contributed by atoms with Crippen molar-refractivity contribution < 1.29 is 9.59 Å². The maximum absolute atomic E-state index is 12.6. The highest BCUT2D eigenvalue weighted by Gasteiger charge is 2.29. The summed E-state index contributed by atoms with van der Waals surface area (Å²) in [4.78, 5) is 37.3. The summed E-state index contributed by atoms with van der Waals surface area (Å²) in [5.74, 6) is 0.190. The summed E-state index contributed by atoms with van der Waals surface area (Å²) in [6.07, 6.45) is 9.74. The Bertz CT molecular complexity index is 1230. The van der Waals surface area contributed by atoms with Crippen LogP contribution in [0, 0.1) is 0 Å². The van der Waals surface area contributed by atoms with Gasteiger partial charge in [0.25, 0.3) is 11.8 Å². The van der Waals surface area contributed by atoms with E-state index in [4.69, 9.17) is 0 Å². The molecule has 1 aliphatic rings. The zero-order valence-corrected chi connectivity index (χ0v) is 17.6.